The van der Waals surface area contributed by atoms with Gasteiger partial charge in [0.2, 0.25) is 0 Å². The molecule has 3 rings (SSSR count). The molecule has 0 fully saturated rings. The van der Waals surface area contributed by atoms with Crippen molar-refractivity contribution in [1.29, 1.82) is 5.26 Å². The molecule has 0 aliphatic carbocycles. The number of anilines is 1. The number of nitrogens with one attached hydrogen (secondary N) is 1. The predicted octanol–water partition coefficient (Wildman–Crippen LogP) is 5.64. The van der Waals surface area contributed by atoms with E-state index in [0.717, 1.165) is 27.7 Å². The SMILES string of the molecule is C=CCn1c(C)c(/C=C(\C#N)C(=O)Nc2cc(Cl)ccc2C)c2ccccc21. The third-order valence-corrected chi connectivity index (χ3v) is 4.93. The highest BCUT2D eigenvalue weighted by atomic mass is 35.5. The van der Waals surface area contributed by atoms with Crippen molar-refractivity contribution in [3.63, 3.8) is 0 Å². The first-order valence-electron chi connectivity index (χ1n) is 8.84. The molecule has 0 saturated heterocycles. The number of rotatable bonds is 5. The Balaban J connectivity index is 2.05. The highest BCUT2D eigenvalue weighted by Gasteiger charge is 2.16. The van der Waals surface area contributed by atoms with Crippen molar-refractivity contribution in [2.24, 2.45) is 0 Å². The normalized spacial score (nSPS) is 11.3. The Labute approximate surface area is 169 Å². The Bertz CT molecular complexity index is 1150. The lowest BCUT2D eigenvalue weighted by Gasteiger charge is -2.08. The third-order valence-electron chi connectivity index (χ3n) is 4.69. The number of nitrogens with zero attached hydrogens (tertiary/aromatic N) is 2. The Morgan fingerprint density at radius 1 is 1.29 bits per heavy atom. The molecule has 0 atom stereocenters. The highest BCUT2D eigenvalue weighted by Crippen LogP contribution is 2.28. The van der Waals surface area contributed by atoms with E-state index in [1.54, 1.807) is 18.2 Å². The second-order valence-electron chi connectivity index (χ2n) is 6.50. The number of amides is 1. The van der Waals surface area contributed by atoms with Crippen LogP contribution in [0.4, 0.5) is 5.69 Å². The highest BCUT2D eigenvalue weighted by molar-refractivity contribution is 6.31. The second-order valence-corrected chi connectivity index (χ2v) is 6.94. The number of nitriles is 1. The largest absolute Gasteiger partial charge is 0.340 e. The van der Waals surface area contributed by atoms with Gasteiger partial charge >= 0.3 is 0 Å². The van der Waals surface area contributed by atoms with Crippen molar-refractivity contribution in [2.75, 3.05) is 5.32 Å². The minimum Gasteiger partial charge on any atom is -0.340 e. The number of hydrogen-bond donors (Lipinski definition) is 1. The van der Waals surface area contributed by atoms with E-state index in [-0.39, 0.29) is 5.57 Å². The maximum Gasteiger partial charge on any atom is 0.266 e. The van der Waals surface area contributed by atoms with Crippen LogP contribution in [0.2, 0.25) is 5.02 Å². The molecular formula is C23H20ClN3O. The number of para-hydroxylation sites is 1. The molecule has 3 aromatic rings. The van der Waals surface area contributed by atoms with Crippen LogP contribution in [-0.2, 0) is 11.3 Å². The first-order chi connectivity index (χ1) is 13.5. The van der Waals surface area contributed by atoms with Crippen molar-refractivity contribution in [1.82, 2.24) is 4.57 Å². The van der Waals surface area contributed by atoms with E-state index in [4.69, 9.17) is 11.6 Å². The summed E-state index contributed by atoms with van der Waals surface area (Å²) >= 11 is 6.02. The molecule has 140 valence electrons. The molecule has 0 aliphatic heterocycles. The van der Waals surface area contributed by atoms with Crippen molar-refractivity contribution in [2.45, 2.75) is 20.4 Å². The molecule has 1 heterocycles. The Kier molecular flexibility index (Phi) is 5.67. The molecule has 1 amide bonds. The molecule has 5 heteroatoms. The van der Waals surface area contributed by atoms with E-state index < -0.39 is 5.91 Å². The summed E-state index contributed by atoms with van der Waals surface area (Å²) in [5.41, 5.74) is 4.35. The van der Waals surface area contributed by atoms with Gasteiger partial charge in [-0.3, -0.25) is 4.79 Å². The van der Waals surface area contributed by atoms with Crippen LogP contribution < -0.4 is 5.32 Å². The van der Waals surface area contributed by atoms with Crippen LogP contribution >= 0.6 is 11.6 Å². The number of aromatic nitrogens is 1. The van der Waals surface area contributed by atoms with Gasteiger partial charge in [-0.1, -0.05) is 41.9 Å². The second kappa shape index (κ2) is 8.16. The number of allylic oxidation sites excluding steroid dienone is 1. The van der Waals surface area contributed by atoms with Gasteiger partial charge in [0.15, 0.2) is 0 Å². The molecule has 1 aromatic heterocycles. The number of carbonyl (C=O) groups excluding carboxylic acids is 1. The zero-order chi connectivity index (χ0) is 20.3. The van der Waals surface area contributed by atoms with Gasteiger partial charge in [-0.2, -0.15) is 5.26 Å². The average Bonchev–Trinajstić information content (AvgIpc) is 2.94. The molecule has 0 unspecified atom stereocenters. The minimum absolute atomic E-state index is 0.0315. The summed E-state index contributed by atoms with van der Waals surface area (Å²) in [6, 6.07) is 15.2. The molecule has 28 heavy (non-hydrogen) atoms. The lowest BCUT2D eigenvalue weighted by atomic mass is 10.1. The zero-order valence-electron chi connectivity index (χ0n) is 15.8. The van der Waals surface area contributed by atoms with Gasteiger partial charge < -0.3 is 9.88 Å². The minimum atomic E-state index is -0.465. The van der Waals surface area contributed by atoms with Gasteiger partial charge in [0.05, 0.1) is 0 Å². The number of aryl methyl sites for hydroxylation is 1. The molecule has 0 bridgehead atoms. The summed E-state index contributed by atoms with van der Waals surface area (Å²) in [5.74, 6) is -0.465. The molecular weight excluding hydrogens is 370 g/mol. The van der Waals surface area contributed by atoms with Crippen molar-refractivity contribution in [3.05, 3.63) is 82.5 Å². The van der Waals surface area contributed by atoms with Crippen LogP contribution in [0, 0.1) is 25.2 Å². The monoisotopic (exact) mass is 389 g/mol. The smallest absolute Gasteiger partial charge is 0.266 e. The zero-order valence-corrected chi connectivity index (χ0v) is 16.5. The van der Waals surface area contributed by atoms with Crippen molar-refractivity contribution < 1.29 is 4.79 Å². The van der Waals surface area contributed by atoms with Crippen LogP contribution in [0.15, 0.2) is 60.7 Å². The fourth-order valence-electron chi connectivity index (χ4n) is 3.22. The molecule has 0 saturated carbocycles. The maximum atomic E-state index is 12.7. The Morgan fingerprint density at radius 3 is 2.75 bits per heavy atom. The molecule has 0 radical (unpaired) electrons. The summed E-state index contributed by atoms with van der Waals surface area (Å²) < 4.78 is 2.11. The molecule has 4 nitrogen and oxygen atoms in total. The topological polar surface area (TPSA) is 57.8 Å². The van der Waals surface area contributed by atoms with Crippen LogP contribution in [0.25, 0.3) is 17.0 Å². The maximum absolute atomic E-state index is 12.7. The van der Waals surface area contributed by atoms with Gasteiger partial charge in [0.25, 0.3) is 5.91 Å². The quantitative estimate of drug-likeness (QED) is 0.348. The summed E-state index contributed by atoms with van der Waals surface area (Å²) in [7, 11) is 0. The predicted molar refractivity (Wildman–Crippen MR) is 115 cm³/mol. The van der Waals surface area contributed by atoms with Crippen molar-refractivity contribution in [3.8, 4) is 6.07 Å². The molecule has 2 aromatic carbocycles. The first-order valence-corrected chi connectivity index (χ1v) is 9.22. The van der Waals surface area contributed by atoms with Gasteiger partial charge in [-0.25, -0.2) is 0 Å². The molecule has 0 spiro atoms. The third kappa shape index (κ3) is 3.71. The van der Waals surface area contributed by atoms with E-state index in [9.17, 15) is 10.1 Å². The summed E-state index contributed by atoms with van der Waals surface area (Å²) in [6.07, 6.45) is 3.47. The van der Waals surface area contributed by atoms with E-state index in [1.165, 1.54) is 0 Å². The van der Waals surface area contributed by atoms with E-state index in [1.807, 2.05) is 56.3 Å². The number of halogens is 1. The van der Waals surface area contributed by atoms with Crippen molar-refractivity contribution >= 4 is 40.2 Å². The lowest BCUT2D eigenvalue weighted by Crippen LogP contribution is -2.14. The van der Waals surface area contributed by atoms with Gasteiger partial charge in [-0.15, -0.1) is 6.58 Å². The van der Waals surface area contributed by atoms with Gasteiger partial charge in [-0.05, 0) is 43.7 Å². The number of hydrogen-bond acceptors (Lipinski definition) is 2. The number of benzene rings is 2. The lowest BCUT2D eigenvalue weighted by molar-refractivity contribution is -0.112. The van der Waals surface area contributed by atoms with Crippen LogP contribution in [0.1, 0.15) is 16.8 Å². The van der Waals surface area contributed by atoms with Gasteiger partial charge in [0, 0.05) is 39.4 Å². The van der Waals surface area contributed by atoms with E-state index in [2.05, 4.69) is 16.5 Å². The van der Waals surface area contributed by atoms with Gasteiger partial charge in [0.1, 0.15) is 11.6 Å². The molecule has 0 aliphatic rings. The van der Waals surface area contributed by atoms with Crippen LogP contribution in [-0.4, -0.2) is 10.5 Å². The standard InChI is InChI=1S/C23H20ClN3O/c1-4-11-27-16(3)20(19-7-5-6-8-22(19)27)12-17(14-25)23(28)26-21-13-18(24)10-9-15(21)2/h4-10,12-13H,1,11H2,2-3H3,(H,26,28)/b17-12+. The van der Waals surface area contributed by atoms with E-state index in [0.29, 0.717) is 17.3 Å². The van der Waals surface area contributed by atoms with Crippen LogP contribution in [0.5, 0.6) is 0 Å². The number of fused-ring (bicyclic) bond motifs is 1. The molecule has 1 N–H and O–H groups in total. The van der Waals surface area contributed by atoms with Crippen LogP contribution in [0.3, 0.4) is 0 Å². The fourth-order valence-corrected chi connectivity index (χ4v) is 3.39. The number of carbonyl (C=O) groups is 1. The summed E-state index contributed by atoms with van der Waals surface area (Å²) in [4.78, 5) is 12.7. The first kappa shape index (κ1) is 19.5. The fraction of sp³-hybridized carbons (Fsp3) is 0.130. The van der Waals surface area contributed by atoms with E-state index >= 15 is 0 Å². The summed E-state index contributed by atoms with van der Waals surface area (Å²) in [6.45, 7) is 8.31. The summed E-state index contributed by atoms with van der Waals surface area (Å²) in [5, 5.41) is 13.9. The Hall–Kier alpha value is -3.29. The Morgan fingerprint density at radius 2 is 2.04 bits per heavy atom. The average molecular weight is 390 g/mol.